The monoisotopic (exact) mass is 652 g/mol. The predicted octanol–water partition coefficient (Wildman–Crippen LogP) is 2.42. The van der Waals surface area contributed by atoms with Crippen LogP contribution in [0, 0.1) is 0 Å². The molecular formula is C32H28N8O8. The standard InChI is InChI=1S/C32H28N8O8/c41-30(19-4-1-8-33-12-19)45-16-23-25(47-31(42)20-5-2-9-34-13-20)26(48-32(43)21-6-3-10-35-14-21)29(46-23)40-18-38-24-27(36-17-37-28(24)40)39-22-7-11-44-15-22/h1-6,8-10,12-14,17-18,22-23,25-26,29H,7,11,15-16H2,(H,36,37,39)/t22-,23-,25-,26-,29?/m1/s1. The molecule has 5 aromatic heterocycles. The average Bonchev–Trinajstić information content (AvgIpc) is 3.88. The predicted molar refractivity (Wildman–Crippen MR) is 163 cm³/mol. The quantitative estimate of drug-likeness (QED) is 0.171. The second-order valence-corrected chi connectivity index (χ2v) is 10.9. The maximum atomic E-state index is 13.5. The summed E-state index contributed by atoms with van der Waals surface area (Å²) in [4.78, 5) is 65.0. The van der Waals surface area contributed by atoms with Crippen molar-refractivity contribution in [2.45, 2.75) is 37.0 Å². The van der Waals surface area contributed by atoms with E-state index in [9.17, 15) is 14.4 Å². The van der Waals surface area contributed by atoms with Crippen LogP contribution in [-0.4, -0.2) is 96.6 Å². The summed E-state index contributed by atoms with van der Waals surface area (Å²) in [6.07, 6.45) is 7.47. The van der Waals surface area contributed by atoms with Gasteiger partial charge in [0.1, 0.15) is 19.0 Å². The molecular weight excluding hydrogens is 624 g/mol. The smallest absolute Gasteiger partial charge is 0.340 e. The van der Waals surface area contributed by atoms with Crippen LogP contribution in [0.1, 0.15) is 43.7 Å². The molecule has 5 aromatic rings. The number of esters is 3. The summed E-state index contributed by atoms with van der Waals surface area (Å²) in [5.74, 6) is -1.70. The molecule has 2 fully saturated rings. The van der Waals surface area contributed by atoms with Crippen LogP contribution in [0.3, 0.4) is 0 Å². The normalized spacial score (nSPS) is 21.9. The highest BCUT2D eigenvalue weighted by atomic mass is 16.7. The third-order valence-electron chi connectivity index (χ3n) is 7.75. The zero-order valence-corrected chi connectivity index (χ0v) is 25.2. The first kappa shape index (κ1) is 30.8. The number of aromatic nitrogens is 7. The van der Waals surface area contributed by atoms with Gasteiger partial charge in [-0.05, 0) is 42.8 Å². The van der Waals surface area contributed by atoms with Gasteiger partial charge in [-0.3, -0.25) is 19.5 Å². The number of carbonyl (C=O) groups excluding carboxylic acids is 3. The number of pyridine rings is 3. The van der Waals surface area contributed by atoms with Crippen LogP contribution >= 0.6 is 0 Å². The Bertz CT molecular complexity index is 1890. The summed E-state index contributed by atoms with van der Waals surface area (Å²) >= 11 is 0. The van der Waals surface area contributed by atoms with Crippen molar-refractivity contribution in [2.75, 3.05) is 25.1 Å². The highest BCUT2D eigenvalue weighted by molar-refractivity contribution is 5.90. The number of rotatable bonds is 10. The first-order valence-electron chi connectivity index (χ1n) is 15.0. The van der Waals surface area contributed by atoms with Gasteiger partial charge in [0.05, 0.1) is 35.7 Å². The number of imidazole rings is 1. The van der Waals surface area contributed by atoms with Gasteiger partial charge in [-0.15, -0.1) is 0 Å². The molecule has 0 amide bonds. The topological polar surface area (TPSA) is 192 Å². The van der Waals surface area contributed by atoms with Gasteiger partial charge in [-0.1, -0.05) is 0 Å². The van der Waals surface area contributed by atoms with E-state index in [0.29, 0.717) is 30.2 Å². The van der Waals surface area contributed by atoms with Gasteiger partial charge < -0.3 is 29.0 Å². The Morgan fingerprint density at radius 1 is 0.833 bits per heavy atom. The van der Waals surface area contributed by atoms with Crippen LogP contribution in [0.25, 0.3) is 11.2 Å². The highest BCUT2D eigenvalue weighted by Crippen LogP contribution is 2.37. The fourth-order valence-electron chi connectivity index (χ4n) is 5.39. The molecule has 16 nitrogen and oxygen atoms in total. The van der Waals surface area contributed by atoms with Gasteiger partial charge in [0.2, 0.25) is 0 Å². The molecule has 1 N–H and O–H groups in total. The van der Waals surface area contributed by atoms with Crippen LogP contribution in [0.5, 0.6) is 0 Å². The van der Waals surface area contributed by atoms with Crippen molar-refractivity contribution in [2.24, 2.45) is 0 Å². The maximum absolute atomic E-state index is 13.5. The number of fused-ring (bicyclic) bond motifs is 1. The zero-order chi connectivity index (χ0) is 32.9. The van der Waals surface area contributed by atoms with Crippen LogP contribution in [0.4, 0.5) is 5.82 Å². The number of anilines is 1. The minimum Gasteiger partial charge on any atom is -0.459 e. The minimum absolute atomic E-state index is 0.0410. The maximum Gasteiger partial charge on any atom is 0.340 e. The summed E-state index contributed by atoms with van der Waals surface area (Å²) < 4.78 is 31.0. The first-order chi connectivity index (χ1) is 23.5. The fourth-order valence-corrected chi connectivity index (χ4v) is 5.39. The number of hydrogen-bond acceptors (Lipinski definition) is 15. The average molecular weight is 653 g/mol. The Labute approximate surface area is 272 Å². The lowest BCUT2D eigenvalue weighted by Crippen LogP contribution is -2.41. The Kier molecular flexibility index (Phi) is 8.88. The van der Waals surface area contributed by atoms with Gasteiger partial charge >= 0.3 is 17.9 Å². The molecule has 7 heterocycles. The summed E-state index contributed by atoms with van der Waals surface area (Å²) in [6, 6.07) is 9.42. The number of nitrogens with one attached hydrogen (secondary N) is 1. The fraction of sp³-hybridized carbons (Fsp3) is 0.281. The molecule has 2 saturated heterocycles. The Morgan fingerprint density at radius 2 is 1.48 bits per heavy atom. The molecule has 0 aliphatic carbocycles. The molecule has 5 atom stereocenters. The van der Waals surface area contributed by atoms with Crippen molar-refractivity contribution in [3.63, 3.8) is 0 Å². The third-order valence-corrected chi connectivity index (χ3v) is 7.75. The zero-order valence-electron chi connectivity index (χ0n) is 25.2. The largest absolute Gasteiger partial charge is 0.459 e. The molecule has 0 spiro atoms. The van der Waals surface area contributed by atoms with Crippen molar-refractivity contribution in [3.05, 3.63) is 103 Å². The van der Waals surface area contributed by atoms with E-state index in [1.165, 1.54) is 62.0 Å². The molecule has 0 radical (unpaired) electrons. The molecule has 0 bridgehead atoms. The Hall–Kier alpha value is -5.87. The lowest BCUT2D eigenvalue weighted by Gasteiger charge is -2.24. The molecule has 16 heteroatoms. The van der Waals surface area contributed by atoms with Crippen molar-refractivity contribution in [1.29, 1.82) is 0 Å². The number of nitrogens with zero attached hydrogens (tertiary/aromatic N) is 7. The number of hydrogen-bond donors (Lipinski definition) is 1. The number of ether oxygens (including phenoxy) is 5. The lowest BCUT2D eigenvalue weighted by atomic mass is 10.1. The molecule has 7 rings (SSSR count). The van der Waals surface area contributed by atoms with E-state index < -0.39 is 42.4 Å². The van der Waals surface area contributed by atoms with Gasteiger partial charge in [-0.2, -0.15) is 0 Å². The molecule has 2 aliphatic rings. The second kappa shape index (κ2) is 13.9. The van der Waals surface area contributed by atoms with Gasteiger partial charge in [0, 0.05) is 43.8 Å². The Balaban J connectivity index is 1.25. The first-order valence-corrected chi connectivity index (χ1v) is 15.0. The summed E-state index contributed by atoms with van der Waals surface area (Å²) in [5.41, 5.74) is 1.30. The van der Waals surface area contributed by atoms with Gasteiger partial charge in [0.25, 0.3) is 0 Å². The summed E-state index contributed by atoms with van der Waals surface area (Å²) in [7, 11) is 0. The van der Waals surface area contributed by atoms with Crippen molar-refractivity contribution >= 4 is 34.9 Å². The van der Waals surface area contributed by atoms with Crippen molar-refractivity contribution in [3.8, 4) is 0 Å². The minimum atomic E-state index is -1.27. The van der Waals surface area contributed by atoms with Crippen molar-refractivity contribution in [1.82, 2.24) is 34.5 Å². The second-order valence-electron chi connectivity index (χ2n) is 10.9. The highest BCUT2D eigenvalue weighted by Gasteiger charge is 2.52. The molecule has 2 aliphatic heterocycles. The van der Waals surface area contributed by atoms with E-state index in [2.05, 4.69) is 35.2 Å². The van der Waals surface area contributed by atoms with E-state index in [1.54, 1.807) is 28.8 Å². The van der Waals surface area contributed by atoms with Crippen LogP contribution < -0.4 is 5.32 Å². The Morgan fingerprint density at radius 3 is 2.08 bits per heavy atom. The van der Waals surface area contributed by atoms with E-state index in [0.717, 1.165) is 6.42 Å². The molecule has 48 heavy (non-hydrogen) atoms. The molecule has 1 unspecified atom stereocenters. The van der Waals surface area contributed by atoms with Crippen LogP contribution in [0.15, 0.2) is 86.2 Å². The SMILES string of the molecule is O=C(OC[C@H]1OC(n2cnc3c(N[C@@H]4CCOC4)ncnc32)[C@H](OC(=O)c2cccnc2)[C@@H]1OC(=O)c1cccnc1)c1cccnc1. The third kappa shape index (κ3) is 6.51. The molecule has 0 aromatic carbocycles. The van der Waals surface area contributed by atoms with Gasteiger partial charge in [-0.25, -0.2) is 29.3 Å². The van der Waals surface area contributed by atoms with Crippen LogP contribution in [0.2, 0.25) is 0 Å². The molecule has 244 valence electrons. The van der Waals surface area contributed by atoms with E-state index in [4.69, 9.17) is 23.7 Å². The van der Waals surface area contributed by atoms with Crippen LogP contribution in [-0.2, 0) is 23.7 Å². The van der Waals surface area contributed by atoms with E-state index >= 15 is 0 Å². The molecule has 0 saturated carbocycles. The lowest BCUT2D eigenvalue weighted by molar-refractivity contribution is -0.0606. The summed E-state index contributed by atoms with van der Waals surface area (Å²) in [6.45, 7) is 0.784. The number of carbonyl (C=O) groups is 3. The summed E-state index contributed by atoms with van der Waals surface area (Å²) in [5, 5.41) is 3.34. The van der Waals surface area contributed by atoms with E-state index in [1.807, 2.05) is 0 Å². The van der Waals surface area contributed by atoms with Crippen molar-refractivity contribution < 1.29 is 38.1 Å². The van der Waals surface area contributed by atoms with E-state index in [-0.39, 0.29) is 29.3 Å². The van der Waals surface area contributed by atoms with Gasteiger partial charge in [0.15, 0.2) is 35.4 Å².